The molecule has 1 aliphatic rings. The van der Waals surface area contributed by atoms with Gasteiger partial charge in [0.1, 0.15) is 5.82 Å². The molecule has 3 aromatic rings. The number of carbonyl (C=O) groups is 1. The number of alkyl halides is 3. The number of nitrogens with zero attached hydrogens (tertiary/aromatic N) is 2. The number of aromatic nitrogens is 2. The Morgan fingerprint density at radius 2 is 2.07 bits per heavy atom. The maximum atomic E-state index is 13.6. The zero-order chi connectivity index (χ0) is 19.0. The predicted molar refractivity (Wildman–Crippen MR) is 98.1 cm³/mol. The molecule has 0 saturated carbocycles. The van der Waals surface area contributed by atoms with Gasteiger partial charge in [0.25, 0.3) is 5.91 Å². The summed E-state index contributed by atoms with van der Waals surface area (Å²) in [5.41, 5.74) is -0.0323. The van der Waals surface area contributed by atoms with E-state index in [1.165, 1.54) is 28.7 Å². The van der Waals surface area contributed by atoms with Gasteiger partial charge in [0.05, 0.1) is 12.6 Å². The van der Waals surface area contributed by atoms with Crippen LogP contribution in [0.25, 0.3) is 0 Å². The lowest BCUT2D eigenvalue weighted by molar-refractivity contribution is -0.173. The molecule has 1 aliphatic heterocycles. The second kappa shape index (κ2) is 7.01. The van der Waals surface area contributed by atoms with Gasteiger partial charge in [-0.05, 0) is 22.9 Å². The van der Waals surface area contributed by atoms with E-state index in [4.69, 9.17) is 0 Å². The number of rotatable bonds is 4. The summed E-state index contributed by atoms with van der Waals surface area (Å²) in [4.78, 5) is 14.1. The van der Waals surface area contributed by atoms with Crippen molar-refractivity contribution in [1.29, 1.82) is 0 Å². The first kappa shape index (κ1) is 18.1. The minimum Gasteiger partial charge on any atom is -0.363 e. The lowest BCUT2D eigenvalue weighted by Crippen LogP contribution is -2.35. The molecule has 0 radical (unpaired) electrons. The van der Waals surface area contributed by atoms with E-state index in [1.807, 2.05) is 22.9 Å². The molecule has 142 valence electrons. The maximum absolute atomic E-state index is 13.6. The molecular formula is C17H15F3N4OS2. The average Bonchev–Trinajstić information content (AvgIpc) is 3.38. The molecule has 4 rings (SSSR count). The summed E-state index contributed by atoms with van der Waals surface area (Å²) >= 11 is 2.89. The van der Waals surface area contributed by atoms with Gasteiger partial charge in [0.15, 0.2) is 11.7 Å². The summed E-state index contributed by atoms with van der Waals surface area (Å²) < 4.78 is 41.7. The van der Waals surface area contributed by atoms with E-state index in [-0.39, 0.29) is 17.9 Å². The molecular weight excluding hydrogens is 397 g/mol. The van der Waals surface area contributed by atoms with Crippen LogP contribution >= 0.6 is 22.7 Å². The number of hydrogen-bond donors (Lipinski definition) is 2. The standard InChI is InChI=1S/C17H15F3N4OS2/c18-17(19,20)14-7-11(13-4-2-6-27-13)22-15-8-12(23-24(14)15)16(25)21-9-10-3-1-5-26-10/h1-6,8,11,14,22H,7,9H2,(H,21,25)/t11-,14+/m1/s1. The molecule has 3 aromatic heterocycles. The second-order valence-corrected chi connectivity index (χ2v) is 8.14. The van der Waals surface area contributed by atoms with Crippen molar-refractivity contribution in [2.75, 3.05) is 5.32 Å². The molecule has 0 fully saturated rings. The minimum atomic E-state index is -4.46. The van der Waals surface area contributed by atoms with Gasteiger partial charge >= 0.3 is 6.18 Å². The van der Waals surface area contributed by atoms with Crippen molar-refractivity contribution < 1.29 is 18.0 Å². The zero-order valence-corrected chi connectivity index (χ0v) is 15.5. The maximum Gasteiger partial charge on any atom is 0.410 e. The number of halogens is 3. The Balaban J connectivity index is 1.58. The first-order valence-electron chi connectivity index (χ1n) is 8.18. The molecule has 0 aliphatic carbocycles. The van der Waals surface area contributed by atoms with Crippen LogP contribution in [0, 0.1) is 0 Å². The van der Waals surface area contributed by atoms with Crippen LogP contribution in [0.15, 0.2) is 41.1 Å². The monoisotopic (exact) mass is 412 g/mol. The van der Waals surface area contributed by atoms with Crippen molar-refractivity contribution in [3.63, 3.8) is 0 Å². The number of thiophene rings is 2. The molecule has 0 bridgehead atoms. The third kappa shape index (κ3) is 3.72. The topological polar surface area (TPSA) is 59.0 Å². The minimum absolute atomic E-state index is 0.0323. The highest BCUT2D eigenvalue weighted by Gasteiger charge is 2.47. The first-order chi connectivity index (χ1) is 12.9. The van der Waals surface area contributed by atoms with Gasteiger partial charge in [0.2, 0.25) is 0 Å². The van der Waals surface area contributed by atoms with E-state index in [2.05, 4.69) is 15.7 Å². The molecule has 2 atom stereocenters. The summed E-state index contributed by atoms with van der Waals surface area (Å²) in [5, 5.41) is 13.4. The Kier molecular flexibility index (Phi) is 4.68. The Bertz CT molecular complexity index is 919. The Morgan fingerprint density at radius 1 is 1.30 bits per heavy atom. The highest BCUT2D eigenvalue weighted by atomic mass is 32.1. The fraction of sp³-hybridized carbons (Fsp3) is 0.294. The molecule has 2 N–H and O–H groups in total. The summed E-state index contributed by atoms with van der Waals surface area (Å²) in [5.74, 6) is -0.302. The van der Waals surface area contributed by atoms with Crippen LogP contribution in [0.2, 0.25) is 0 Å². The van der Waals surface area contributed by atoms with E-state index in [0.717, 1.165) is 14.4 Å². The molecule has 4 heterocycles. The van der Waals surface area contributed by atoms with Crippen molar-refractivity contribution in [3.05, 3.63) is 56.5 Å². The Labute approximate surface area is 160 Å². The van der Waals surface area contributed by atoms with Crippen molar-refractivity contribution in [1.82, 2.24) is 15.1 Å². The van der Waals surface area contributed by atoms with Crippen molar-refractivity contribution >= 4 is 34.4 Å². The molecule has 0 spiro atoms. The Hall–Kier alpha value is -2.33. The lowest BCUT2D eigenvalue weighted by Gasteiger charge is -2.32. The second-order valence-electron chi connectivity index (χ2n) is 6.13. The number of fused-ring (bicyclic) bond motifs is 1. The number of hydrogen-bond acceptors (Lipinski definition) is 5. The molecule has 0 saturated heterocycles. The fourth-order valence-electron chi connectivity index (χ4n) is 3.03. The first-order valence-corrected chi connectivity index (χ1v) is 9.94. The van der Waals surface area contributed by atoms with Crippen LogP contribution < -0.4 is 10.6 Å². The van der Waals surface area contributed by atoms with Crippen LogP contribution in [0.5, 0.6) is 0 Å². The number of carbonyl (C=O) groups excluding carboxylic acids is 1. The molecule has 0 aromatic carbocycles. The normalized spacial score (nSPS) is 19.4. The number of anilines is 1. The Morgan fingerprint density at radius 3 is 2.74 bits per heavy atom. The van der Waals surface area contributed by atoms with Crippen LogP contribution in [0.3, 0.4) is 0 Å². The van der Waals surface area contributed by atoms with Gasteiger partial charge in [-0.25, -0.2) is 4.68 Å². The highest BCUT2D eigenvalue weighted by Crippen LogP contribution is 2.44. The number of amides is 1. The smallest absolute Gasteiger partial charge is 0.363 e. The van der Waals surface area contributed by atoms with Crippen molar-refractivity contribution in [3.8, 4) is 0 Å². The molecule has 27 heavy (non-hydrogen) atoms. The third-order valence-electron chi connectivity index (χ3n) is 4.31. The fourth-order valence-corrected chi connectivity index (χ4v) is 4.47. The van der Waals surface area contributed by atoms with Gasteiger partial charge in [0, 0.05) is 22.2 Å². The van der Waals surface area contributed by atoms with Crippen molar-refractivity contribution in [2.24, 2.45) is 0 Å². The largest absolute Gasteiger partial charge is 0.410 e. The summed E-state index contributed by atoms with van der Waals surface area (Å²) in [7, 11) is 0. The van der Waals surface area contributed by atoms with E-state index < -0.39 is 24.2 Å². The van der Waals surface area contributed by atoms with Gasteiger partial charge in [-0.1, -0.05) is 12.1 Å². The number of nitrogens with one attached hydrogen (secondary N) is 2. The van der Waals surface area contributed by atoms with Crippen molar-refractivity contribution in [2.45, 2.75) is 31.2 Å². The molecule has 0 unspecified atom stereocenters. The summed E-state index contributed by atoms with van der Waals surface area (Å²) in [6.45, 7) is 0.312. The third-order valence-corrected chi connectivity index (χ3v) is 6.17. The van der Waals surface area contributed by atoms with Gasteiger partial charge in [-0.15, -0.1) is 22.7 Å². The van der Waals surface area contributed by atoms with Gasteiger partial charge in [-0.3, -0.25) is 4.79 Å². The average molecular weight is 412 g/mol. The van der Waals surface area contributed by atoms with Crippen LogP contribution in [0.4, 0.5) is 19.0 Å². The quantitative estimate of drug-likeness (QED) is 0.659. The van der Waals surface area contributed by atoms with Crippen LogP contribution in [0.1, 0.15) is 38.7 Å². The van der Waals surface area contributed by atoms with Gasteiger partial charge < -0.3 is 10.6 Å². The summed E-state index contributed by atoms with van der Waals surface area (Å²) in [6.07, 6.45) is -4.63. The van der Waals surface area contributed by atoms with E-state index in [1.54, 1.807) is 12.1 Å². The highest BCUT2D eigenvalue weighted by molar-refractivity contribution is 7.10. The van der Waals surface area contributed by atoms with E-state index >= 15 is 0 Å². The van der Waals surface area contributed by atoms with Crippen LogP contribution in [-0.2, 0) is 6.54 Å². The summed E-state index contributed by atoms with van der Waals surface area (Å²) in [6, 6.07) is 6.47. The van der Waals surface area contributed by atoms with E-state index in [0.29, 0.717) is 6.54 Å². The SMILES string of the molecule is O=C(NCc1cccs1)c1cc2n(n1)[C@H](C(F)(F)F)C[C@H](c1cccs1)N2. The van der Waals surface area contributed by atoms with Gasteiger partial charge in [-0.2, -0.15) is 18.3 Å². The van der Waals surface area contributed by atoms with Crippen LogP contribution in [-0.4, -0.2) is 21.9 Å². The molecule has 5 nitrogen and oxygen atoms in total. The van der Waals surface area contributed by atoms with E-state index in [9.17, 15) is 18.0 Å². The molecule has 1 amide bonds. The zero-order valence-electron chi connectivity index (χ0n) is 13.9. The molecule has 10 heteroatoms. The lowest BCUT2D eigenvalue weighted by atomic mass is 10.0. The predicted octanol–water partition coefficient (Wildman–Crippen LogP) is 4.60.